The van der Waals surface area contributed by atoms with Crippen LogP contribution >= 0.6 is 11.3 Å². The fourth-order valence-corrected chi connectivity index (χ4v) is 3.02. The van der Waals surface area contributed by atoms with E-state index in [1.807, 2.05) is 34.6 Å². The molecule has 7 heteroatoms. The van der Waals surface area contributed by atoms with E-state index in [4.69, 9.17) is 0 Å². The van der Waals surface area contributed by atoms with E-state index < -0.39 is 12.7 Å². The lowest BCUT2D eigenvalue weighted by Crippen LogP contribution is -2.30. The molecule has 0 atom stereocenters. The van der Waals surface area contributed by atoms with Gasteiger partial charge in [-0.15, -0.1) is 11.3 Å². The average molecular weight is 323 g/mol. The number of hydrogen-bond donors (Lipinski definition) is 1. The van der Waals surface area contributed by atoms with Crippen molar-refractivity contribution in [3.8, 4) is 0 Å². The van der Waals surface area contributed by atoms with E-state index in [-0.39, 0.29) is 5.41 Å². The SMILES string of the molecule is CC(C)NCc1sc(N(C)CC(F)(F)F)nc1C(C)(C)C. The molecule has 0 aliphatic carbocycles. The van der Waals surface area contributed by atoms with Crippen LogP contribution in [0.5, 0.6) is 0 Å². The van der Waals surface area contributed by atoms with Crippen LogP contribution in [0.25, 0.3) is 0 Å². The zero-order valence-corrected chi connectivity index (χ0v) is 14.2. The van der Waals surface area contributed by atoms with Crippen LogP contribution in [-0.2, 0) is 12.0 Å². The summed E-state index contributed by atoms with van der Waals surface area (Å²) in [7, 11) is 1.43. The number of alkyl halides is 3. The Morgan fingerprint density at radius 1 is 1.24 bits per heavy atom. The summed E-state index contributed by atoms with van der Waals surface area (Å²) in [6, 6.07) is 0.316. The van der Waals surface area contributed by atoms with Gasteiger partial charge in [0.2, 0.25) is 0 Å². The normalized spacial score (nSPS) is 13.0. The molecule has 122 valence electrons. The molecular formula is C14H24F3N3S. The highest BCUT2D eigenvalue weighted by Crippen LogP contribution is 2.34. The Labute approximate surface area is 128 Å². The summed E-state index contributed by atoms with van der Waals surface area (Å²) in [4.78, 5) is 6.61. The quantitative estimate of drug-likeness (QED) is 0.890. The van der Waals surface area contributed by atoms with E-state index in [2.05, 4.69) is 10.3 Å². The fourth-order valence-electron chi connectivity index (χ4n) is 1.84. The van der Waals surface area contributed by atoms with Gasteiger partial charge in [-0.25, -0.2) is 4.98 Å². The van der Waals surface area contributed by atoms with Gasteiger partial charge in [-0.2, -0.15) is 13.2 Å². The highest BCUT2D eigenvalue weighted by molar-refractivity contribution is 7.15. The lowest BCUT2D eigenvalue weighted by atomic mass is 9.91. The van der Waals surface area contributed by atoms with Crippen molar-refractivity contribution >= 4 is 16.5 Å². The summed E-state index contributed by atoms with van der Waals surface area (Å²) < 4.78 is 37.5. The highest BCUT2D eigenvalue weighted by atomic mass is 32.1. The fraction of sp³-hybridized carbons (Fsp3) is 0.786. The monoisotopic (exact) mass is 323 g/mol. The molecule has 1 aromatic rings. The minimum absolute atomic E-state index is 0.193. The van der Waals surface area contributed by atoms with Crippen LogP contribution in [0.2, 0.25) is 0 Å². The maximum atomic E-state index is 12.5. The molecule has 21 heavy (non-hydrogen) atoms. The number of rotatable bonds is 5. The molecule has 1 N–H and O–H groups in total. The molecule has 0 saturated heterocycles. The van der Waals surface area contributed by atoms with Crippen LogP contribution in [-0.4, -0.2) is 30.8 Å². The number of anilines is 1. The van der Waals surface area contributed by atoms with Crippen molar-refractivity contribution in [3.63, 3.8) is 0 Å². The molecule has 0 unspecified atom stereocenters. The summed E-state index contributed by atoms with van der Waals surface area (Å²) in [5.41, 5.74) is 0.673. The van der Waals surface area contributed by atoms with E-state index in [1.165, 1.54) is 23.3 Å². The number of aromatic nitrogens is 1. The molecule has 0 spiro atoms. The van der Waals surface area contributed by atoms with Gasteiger partial charge in [0.1, 0.15) is 6.54 Å². The number of hydrogen-bond acceptors (Lipinski definition) is 4. The van der Waals surface area contributed by atoms with Gasteiger partial charge >= 0.3 is 6.18 Å². The largest absolute Gasteiger partial charge is 0.405 e. The lowest BCUT2D eigenvalue weighted by molar-refractivity contribution is -0.119. The van der Waals surface area contributed by atoms with Crippen molar-refractivity contribution in [2.75, 3.05) is 18.5 Å². The van der Waals surface area contributed by atoms with Gasteiger partial charge in [0, 0.05) is 29.9 Å². The predicted molar refractivity (Wildman–Crippen MR) is 82.1 cm³/mol. The van der Waals surface area contributed by atoms with Crippen molar-refractivity contribution < 1.29 is 13.2 Å². The van der Waals surface area contributed by atoms with Gasteiger partial charge < -0.3 is 10.2 Å². The third-order valence-electron chi connectivity index (χ3n) is 2.81. The minimum Gasteiger partial charge on any atom is -0.342 e. The molecule has 0 radical (unpaired) electrons. The molecule has 0 bridgehead atoms. The Morgan fingerprint density at radius 3 is 2.24 bits per heavy atom. The van der Waals surface area contributed by atoms with Crippen LogP contribution in [0.4, 0.5) is 18.3 Å². The van der Waals surface area contributed by atoms with Crippen LogP contribution in [0.3, 0.4) is 0 Å². The maximum absolute atomic E-state index is 12.5. The van der Waals surface area contributed by atoms with Gasteiger partial charge in [0.25, 0.3) is 0 Å². The number of halogens is 3. The standard InChI is InChI=1S/C14H24F3N3S/c1-9(2)18-7-10-11(13(3,4)5)19-12(21-10)20(6)8-14(15,16)17/h9,18H,7-8H2,1-6H3. The number of thiazole rings is 1. The second-order valence-electron chi connectivity index (χ2n) is 6.53. The highest BCUT2D eigenvalue weighted by Gasteiger charge is 2.31. The summed E-state index contributed by atoms with van der Waals surface area (Å²) in [5.74, 6) is 0. The summed E-state index contributed by atoms with van der Waals surface area (Å²) in [6.07, 6.45) is -4.22. The van der Waals surface area contributed by atoms with Crippen molar-refractivity contribution in [2.24, 2.45) is 0 Å². The second-order valence-corrected chi connectivity index (χ2v) is 7.59. The molecule has 3 nitrogen and oxygen atoms in total. The summed E-state index contributed by atoms with van der Waals surface area (Å²) >= 11 is 1.33. The van der Waals surface area contributed by atoms with E-state index in [9.17, 15) is 13.2 Å². The van der Waals surface area contributed by atoms with Crippen LogP contribution in [0.1, 0.15) is 45.2 Å². The van der Waals surface area contributed by atoms with E-state index >= 15 is 0 Å². The van der Waals surface area contributed by atoms with Crippen molar-refractivity contribution in [1.82, 2.24) is 10.3 Å². The first-order chi connectivity index (χ1) is 9.40. The Balaban J connectivity index is 3.02. The van der Waals surface area contributed by atoms with E-state index in [0.29, 0.717) is 17.7 Å². The minimum atomic E-state index is -4.22. The lowest BCUT2D eigenvalue weighted by Gasteiger charge is -2.19. The smallest absolute Gasteiger partial charge is 0.342 e. The molecule has 0 saturated carbocycles. The first-order valence-electron chi connectivity index (χ1n) is 6.91. The van der Waals surface area contributed by atoms with E-state index in [0.717, 1.165) is 10.6 Å². The molecule has 1 heterocycles. The molecule has 0 aliphatic rings. The Morgan fingerprint density at radius 2 is 1.81 bits per heavy atom. The maximum Gasteiger partial charge on any atom is 0.405 e. The van der Waals surface area contributed by atoms with Crippen LogP contribution in [0.15, 0.2) is 0 Å². The van der Waals surface area contributed by atoms with Crippen molar-refractivity contribution in [1.29, 1.82) is 0 Å². The molecule has 0 fully saturated rings. The average Bonchev–Trinajstić information content (AvgIpc) is 2.67. The molecule has 0 amide bonds. The third-order valence-corrected chi connectivity index (χ3v) is 3.98. The number of nitrogens with zero attached hydrogens (tertiary/aromatic N) is 2. The molecular weight excluding hydrogens is 299 g/mol. The van der Waals surface area contributed by atoms with Gasteiger partial charge in [-0.1, -0.05) is 34.6 Å². The zero-order chi connectivity index (χ0) is 16.4. The van der Waals surface area contributed by atoms with Crippen LogP contribution < -0.4 is 10.2 Å². The van der Waals surface area contributed by atoms with Gasteiger partial charge in [0.15, 0.2) is 5.13 Å². The first kappa shape index (κ1) is 18.2. The topological polar surface area (TPSA) is 28.2 Å². The van der Waals surface area contributed by atoms with Gasteiger partial charge in [-0.3, -0.25) is 0 Å². The molecule has 1 rings (SSSR count). The van der Waals surface area contributed by atoms with Gasteiger partial charge in [-0.05, 0) is 0 Å². The molecule has 1 aromatic heterocycles. The van der Waals surface area contributed by atoms with E-state index in [1.54, 1.807) is 0 Å². The van der Waals surface area contributed by atoms with Gasteiger partial charge in [0.05, 0.1) is 5.69 Å². The Bertz CT molecular complexity index is 461. The second kappa shape index (κ2) is 6.52. The zero-order valence-electron chi connectivity index (χ0n) is 13.4. The molecule has 0 aromatic carbocycles. The van der Waals surface area contributed by atoms with Crippen molar-refractivity contribution in [3.05, 3.63) is 10.6 Å². The predicted octanol–water partition coefficient (Wildman–Crippen LogP) is 3.94. The summed E-state index contributed by atoms with van der Waals surface area (Å²) in [5, 5.41) is 3.72. The van der Waals surface area contributed by atoms with Crippen molar-refractivity contribution in [2.45, 2.75) is 58.8 Å². The third kappa shape index (κ3) is 5.82. The molecule has 0 aliphatic heterocycles. The summed E-state index contributed by atoms with van der Waals surface area (Å²) in [6.45, 7) is 9.78. The number of nitrogens with one attached hydrogen (secondary N) is 1. The Hall–Kier alpha value is -0.820. The Kier molecular flexibility index (Phi) is 5.66. The first-order valence-corrected chi connectivity index (χ1v) is 7.73. The van der Waals surface area contributed by atoms with Crippen LogP contribution in [0, 0.1) is 0 Å².